The molecule has 0 saturated heterocycles. The molecule has 2 aromatic carbocycles. The Morgan fingerprint density at radius 3 is 2.31 bits per heavy atom. The summed E-state index contributed by atoms with van der Waals surface area (Å²) in [6, 6.07) is 15.9. The minimum absolute atomic E-state index is 0.112. The van der Waals surface area contributed by atoms with Gasteiger partial charge in [-0.15, -0.1) is 11.3 Å². The smallest absolute Gasteiger partial charge is 0.232 e. The summed E-state index contributed by atoms with van der Waals surface area (Å²) in [4.78, 5) is 13.0. The van der Waals surface area contributed by atoms with E-state index in [1.54, 1.807) is 42.5 Å². The molecule has 0 spiro atoms. The average Bonchev–Trinajstić information content (AvgIpc) is 3.06. The molecule has 3 aromatic rings. The van der Waals surface area contributed by atoms with Crippen LogP contribution in [0.1, 0.15) is 27.5 Å². The van der Waals surface area contributed by atoms with Crippen molar-refractivity contribution in [2.75, 3.05) is 10.6 Å². The lowest BCUT2D eigenvalue weighted by molar-refractivity contribution is -0.118. The Bertz CT molecular complexity index is 1120. The van der Waals surface area contributed by atoms with Crippen LogP contribution >= 0.6 is 22.9 Å². The maximum absolute atomic E-state index is 12.4. The number of thiophene rings is 1. The molecule has 0 aliphatic carbocycles. The highest BCUT2D eigenvalue weighted by Crippen LogP contribution is 2.33. The number of hydrogen-bond acceptors (Lipinski definition) is 4. The Balaban J connectivity index is 1.96. The minimum atomic E-state index is -3.55. The van der Waals surface area contributed by atoms with Gasteiger partial charge in [-0.3, -0.25) is 9.10 Å². The third-order valence-corrected chi connectivity index (χ3v) is 7.23. The summed E-state index contributed by atoms with van der Waals surface area (Å²) in [5, 5.41) is 2.42. The Hall–Kier alpha value is -2.35. The fraction of sp³-hybridized carbons (Fsp3) is 0.190. The lowest BCUT2D eigenvalue weighted by atomic mass is 9.94. The van der Waals surface area contributed by atoms with E-state index in [4.69, 9.17) is 17.3 Å². The molecule has 0 fully saturated rings. The molecule has 2 N–H and O–H groups in total. The molecule has 1 atom stereocenters. The molecule has 3 rings (SSSR count). The van der Waals surface area contributed by atoms with Gasteiger partial charge in [0.1, 0.15) is 0 Å². The van der Waals surface area contributed by atoms with Crippen LogP contribution in [0.15, 0.2) is 60.0 Å². The van der Waals surface area contributed by atoms with Gasteiger partial charge in [0, 0.05) is 9.90 Å². The van der Waals surface area contributed by atoms with E-state index in [-0.39, 0.29) is 6.54 Å². The summed E-state index contributed by atoms with van der Waals surface area (Å²) in [7, 11) is -3.55. The van der Waals surface area contributed by atoms with Gasteiger partial charge < -0.3 is 5.73 Å². The number of aryl methyl sites for hydroxylation is 1. The molecule has 0 aliphatic rings. The SMILES string of the molecule is Cc1ccsc1C(C(N)=O)c1ccc(N(Cc2ccccc2Cl)S(C)(=O)=O)cc1. The van der Waals surface area contributed by atoms with E-state index in [1.807, 2.05) is 24.4 Å². The first-order valence-corrected chi connectivity index (χ1v) is 11.9. The van der Waals surface area contributed by atoms with Gasteiger partial charge in [0.25, 0.3) is 0 Å². The highest BCUT2D eigenvalue weighted by atomic mass is 35.5. The minimum Gasteiger partial charge on any atom is -0.369 e. The third-order valence-electron chi connectivity index (χ3n) is 4.63. The fourth-order valence-electron chi connectivity index (χ4n) is 3.14. The zero-order valence-corrected chi connectivity index (χ0v) is 18.4. The number of sulfonamides is 1. The number of primary amides is 1. The molecule has 1 unspecified atom stereocenters. The van der Waals surface area contributed by atoms with Crippen molar-refractivity contribution in [3.63, 3.8) is 0 Å². The summed E-state index contributed by atoms with van der Waals surface area (Å²) in [6.45, 7) is 2.05. The lowest BCUT2D eigenvalue weighted by Crippen LogP contribution is -2.29. The van der Waals surface area contributed by atoms with Gasteiger partial charge in [-0.05, 0) is 53.3 Å². The number of rotatable bonds is 7. The number of carbonyl (C=O) groups is 1. The Labute approximate surface area is 179 Å². The van der Waals surface area contributed by atoms with E-state index in [0.717, 1.165) is 22.3 Å². The van der Waals surface area contributed by atoms with Crippen molar-refractivity contribution in [2.45, 2.75) is 19.4 Å². The van der Waals surface area contributed by atoms with Crippen molar-refractivity contribution in [1.82, 2.24) is 0 Å². The van der Waals surface area contributed by atoms with Gasteiger partial charge in [0.2, 0.25) is 15.9 Å². The summed E-state index contributed by atoms with van der Waals surface area (Å²) in [5.41, 5.74) is 8.57. The molecule has 8 heteroatoms. The Morgan fingerprint density at radius 1 is 1.14 bits per heavy atom. The van der Waals surface area contributed by atoms with Crippen LogP contribution in [0.3, 0.4) is 0 Å². The molecular formula is C21H21ClN2O3S2. The van der Waals surface area contributed by atoms with Crippen molar-refractivity contribution in [3.8, 4) is 0 Å². The number of nitrogens with zero attached hydrogens (tertiary/aromatic N) is 1. The summed E-state index contributed by atoms with van der Waals surface area (Å²) >= 11 is 7.68. The van der Waals surface area contributed by atoms with Crippen LogP contribution in [0.2, 0.25) is 5.02 Å². The molecule has 29 heavy (non-hydrogen) atoms. The second kappa shape index (κ2) is 8.57. The molecule has 1 amide bonds. The van der Waals surface area contributed by atoms with Crippen LogP contribution in [0.25, 0.3) is 0 Å². The van der Waals surface area contributed by atoms with Gasteiger partial charge in [0.05, 0.1) is 24.4 Å². The topological polar surface area (TPSA) is 80.5 Å². The molecule has 0 radical (unpaired) electrons. The Kier molecular flexibility index (Phi) is 6.31. The molecule has 1 heterocycles. The van der Waals surface area contributed by atoms with Crippen LogP contribution in [-0.4, -0.2) is 20.6 Å². The van der Waals surface area contributed by atoms with Gasteiger partial charge in [0.15, 0.2) is 0 Å². The van der Waals surface area contributed by atoms with Crippen molar-refractivity contribution in [3.05, 3.63) is 86.6 Å². The van der Waals surface area contributed by atoms with E-state index in [1.165, 1.54) is 15.6 Å². The predicted octanol–water partition coefficient (Wildman–Crippen LogP) is 4.29. The van der Waals surface area contributed by atoms with E-state index in [9.17, 15) is 13.2 Å². The van der Waals surface area contributed by atoms with Crippen molar-refractivity contribution in [2.24, 2.45) is 5.73 Å². The van der Waals surface area contributed by atoms with Gasteiger partial charge in [-0.25, -0.2) is 8.42 Å². The van der Waals surface area contributed by atoms with Crippen molar-refractivity contribution in [1.29, 1.82) is 0 Å². The quantitative estimate of drug-likeness (QED) is 0.585. The first kappa shape index (κ1) is 21.4. The summed E-state index contributed by atoms with van der Waals surface area (Å²) in [5.74, 6) is -1.02. The number of amides is 1. The number of halogens is 1. The van der Waals surface area contributed by atoms with E-state index < -0.39 is 21.8 Å². The standard InChI is InChI=1S/C21H21ClN2O3S2/c1-14-11-12-28-20(14)19(21(23)25)15-7-9-17(10-8-15)24(29(2,26)27)13-16-5-3-4-6-18(16)22/h3-12,19H,13H2,1-2H3,(H2,23,25). The fourth-order valence-corrected chi connectivity index (χ4v) is 5.27. The van der Waals surface area contributed by atoms with E-state index in [2.05, 4.69) is 0 Å². The average molecular weight is 449 g/mol. The second-order valence-corrected chi connectivity index (χ2v) is 10.0. The van der Waals surface area contributed by atoms with Crippen LogP contribution in [0.5, 0.6) is 0 Å². The number of benzene rings is 2. The van der Waals surface area contributed by atoms with Crippen LogP contribution in [0, 0.1) is 6.92 Å². The molecule has 152 valence electrons. The maximum Gasteiger partial charge on any atom is 0.232 e. The molecule has 0 aliphatic heterocycles. The van der Waals surface area contributed by atoms with Gasteiger partial charge in [-0.1, -0.05) is 41.9 Å². The maximum atomic E-state index is 12.4. The van der Waals surface area contributed by atoms with Crippen LogP contribution in [-0.2, 0) is 21.4 Å². The zero-order valence-electron chi connectivity index (χ0n) is 16.0. The number of nitrogens with two attached hydrogens (primary N) is 1. The zero-order chi connectivity index (χ0) is 21.2. The largest absolute Gasteiger partial charge is 0.369 e. The highest BCUT2D eigenvalue weighted by molar-refractivity contribution is 7.92. The number of hydrogen-bond donors (Lipinski definition) is 1. The summed E-state index contributed by atoms with van der Waals surface area (Å²) < 4.78 is 26.1. The van der Waals surface area contributed by atoms with E-state index >= 15 is 0 Å². The molecule has 0 bridgehead atoms. The van der Waals surface area contributed by atoms with Crippen molar-refractivity contribution >= 4 is 44.6 Å². The Morgan fingerprint density at radius 2 is 1.79 bits per heavy atom. The molecule has 1 aromatic heterocycles. The normalized spacial score (nSPS) is 12.5. The first-order valence-electron chi connectivity index (χ1n) is 8.83. The highest BCUT2D eigenvalue weighted by Gasteiger charge is 2.24. The van der Waals surface area contributed by atoms with Crippen LogP contribution < -0.4 is 10.0 Å². The van der Waals surface area contributed by atoms with Gasteiger partial charge >= 0.3 is 0 Å². The predicted molar refractivity (Wildman–Crippen MR) is 119 cm³/mol. The van der Waals surface area contributed by atoms with Crippen molar-refractivity contribution < 1.29 is 13.2 Å². The second-order valence-electron chi connectivity index (χ2n) is 6.76. The van der Waals surface area contributed by atoms with Gasteiger partial charge in [-0.2, -0.15) is 0 Å². The molecule has 0 saturated carbocycles. The first-order chi connectivity index (χ1) is 13.7. The summed E-state index contributed by atoms with van der Waals surface area (Å²) in [6.07, 6.45) is 1.15. The number of carbonyl (C=O) groups excluding carboxylic acids is 1. The number of anilines is 1. The van der Waals surface area contributed by atoms with E-state index in [0.29, 0.717) is 16.3 Å². The third kappa shape index (κ3) is 4.80. The monoisotopic (exact) mass is 448 g/mol. The van der Waals surface area contributed by atoms with Crippen LogP contribution in [0.4, 0.5) is 5.69 Å². The molecule has 5 nitrogen and oxygen atoms in total. The lowest BCUT2D eigenvalue weighted by Gasteiger charge is -2.24. The molecular weight excluding hydrogens is 428 g/mol.